The van der Waals surface area contributed by atoms with E-state index in [9.17, 15) is 4.79 Å². The zero-order valence-corrected chi connectivity index (χ0v) is 11.7. The van der Waals surface area contributed by atoms with Crippen molar-refractivity contribution in [3.63, 3.8) is 0 Å². The Balaban J connectivity index is 1.78. The number of hydrogen-bond acceptors (Lipinski definition) is 2. The molecule has 2 aromatic rings. The molecular formula is C18H17NO2. The van der Waals surface area contributed by atoms with Gasteiger partial charge in [0.2, 0.25) is 5.91 Å². The number of hydrogen-bond donors (Lipinski definition) is 0. The summed E-state index contributed by atoms with van der Waals surface area (Å²) in [5.41, 5.74) is 1.65. The zero-order valence-electron chi connectivity index (χ0n) is 11.7. The summed E-state index contributed by atoms with van der Waals surface area (Å²) in [4.78, 5) is 14.4. The van der Waals surface area contributed by atoms with E-state index < -0.39 is 5.72 Å². The number of ether oxygens (including phenoxy) is 1. The van der Waals surface area contributed by atoms with E-state index in [1.807, 2.05) is 41.3 Å². The maximum absolute atomic E-state index is 12.5. The van der Waals surface area contributed by atoms with Crippen LogP contribution < -0.4 is 0 Å². The lowest BCUT2D eigenvalue weighted by Crippen LogP contribution is -2.40. The molecule has 21 heavy (non-hydrogen) atoms. The topological polar surface area (TPSA) is 29.5 Å². The number of nitrogens with zero attached hydrogens (tertiary/aromatic N) is 1. The van der Waals surface area contributed by atoms with Crippen molar-refractivity contribution in [1.29, 1.82) is 0 Å². The lowest BCUT2D eigenvalue weighted by Gasteiger charge is -2.33. The summed E-state index contributed by atoms with van der Waals surface area (Å²) in [5, 5.41) is 0. The number of benzene rings is 2. The second-order valence-corrected chi connectivity index (χ2v) is 5.65. The molecule has 0 saturated carbocycles. The molecule has 1 unspecified atom stereocenters. The van der Waals surface area contributed by atoms with Gasteiger partial charge < -0.3 is 9.64 Å². The Morgan fingerprint density at radius 2 is 1.67 bits per heavy atom. The van der Waals surface area contributed by atoms with Crippen molar-refractivity contribution in [2.24, 2.45) is 0 Å². The summed E-state index contributed by atoms with van der Waals surface area (Å²) in [6.45, 7) is 0.560. The van der Waals surface area contributed by atoms with Crippen LogP contribution in [-0.4, -0.2) is 17.4 Å². The fraction of sp³-hybridized carbons (Fsp3) is 0.278. The van der Waals surface area contributed by atoms with E-state index in [-0.39, 0.29) is 11.9 Å². The maximum atomic E-state index is 12.5. The average molecular weight is 279 g/mol. The second-order valence-electron chi connectivity index (χ2n) is 5.65. The third-order valence-electron chi connectivity index (χ3n) is 4.54. The summed E-state index contributed by atoms with van der Waals surface area (Å²) in [6.07, 6.45) is 1.29. The Morgan fingerprint density at radius 1 is 1.00 bits per heavy atom. The van der Waals surface area contributed by atoms with Gasteiger partial charge >= 0.3 is 0 Å². The van der Waals surface area contributed by atoms with Crippen LogP contribution in [0.5, 0.6) is 0 Å². The lowest BCUT2D eigenvalue weighted by atomic mass is 9.99. The predicted octanol–water partition coefficient (Wildman–Crippen LogP) is 3.23. The standard InChI is InChI=1S/C18H17NO2/c20-17-11-12-18(15-9-5-2-6-10-15)19(17)16(13-21-18)14-7-3-1-4-8-14/h1-10,16H,11-13H2/t16?,18-/m1/s1. The summed E-state index contributed by atoms with van der Waals surface area (Å²) in [5.74, 6) is 0.185. The van der Waals surface area contributed by atoms with Crippen molar-refractivity contribution >= 4 is 5.91 Å². The normalized spacial score (nSPS) is 27.9. The van der Waals surface area contributed by atoms with Gasteiger partial charge in [0.25, 0.3) is 0 Å². The quantitative estimate of drug-likeness (QED) is 0.844. The summed E-state index contributed by atoms with van der Waals surface area (Å²) in [6, 6.07) is 20.3. The molecule has 3 heteroatoms. The molecule has 0 N–H and O–H groups in total. The van der Waals surface area contributed by atoms with Gasteiger partial charge in [-0.05, 0) is 5.56 Å². The number of rotatable bonds is 2. The molecule has 0 bridgehead atoms. The first-order chi connectivity index (χ1) is 10.3. The monoisotopic (exact) mass is 279 g/mol. The molecular weight excluding hydrogens is 262 g/mol. The highest BCUT2D eigenvalue weighted by atomic mass is 16.5. The van der Waals surface area contributed by atoms with Crippen LogP contribution in [0.1, 0.15) is 30.0 Å². The number of carbonyl (C=O) groups excluding carboxylic acids is 1. The van der Waals surface area contributed by atoms with Gasteiger partial charge in [-0.2, -0.15) is 0 Å². The third-order valence-corrected chi connectivity index (χ3v) is 4.54. The van der Waals surface area contributed by atoms with E-state index in [4.69, 9.17) is 4.74 Å². The Hall–Kier alpha value is -2.13. The van der Waals surface area contributed by atoms with Gasteiger partial charge in [0.1, 0.15) is 0 Å². The van der Waals surface area contributed by atoms with Crippen molar-refractivity contribution in [2.45, 2.75) is 24.6 Å². The summed E-state index contributed by atoms with van der Waals surface area (Å²) < 4.78 is 6.19. The SMILES string of the molecule is O=C1CC[C@]2(c3ccccc3)OCC(c3ccccc3)N12. The first-order valence-corrected chi connectivity index (χ1v) is 7.38. The first-order valence-electron chi connectivity index (χ1n) is 7.38. The molecule has 106 valence electrons. The molecule has 2 aliphatic heterocycles. The third kappa shape index (κ3) is 1.81. The molecule has 2 saturated heterocycles. The second kappa shape index (κ2) is 4.71. The Labute approximate surface area is 124 Å². The van der Waals surface area contributed by atoms with Crippen LogP contribution in [0.2, 0.25) is 0 Å². The Morgan fingerprint density at radius 3 is 2.38 bits per heavy atom. The van der Waals surface area contributed by atoms with E-state index >= 15 is 0 Å². The minimum Gasteiger partial charge on any atom is -0.349 e. The van der Waals surface area contributed by atoms with Gasteiger partial charge in [-0.1, -0.05) is 60.7 Å². The van der Waals surface area contributed by atoms with Gasteiger partial charge in [0, 0.05) is 18.4 Å². The van der Waals surface area contributed by atoms with Crippen molar-refractivity contribution in [1.82, 2.24) is 4.90 Å². The molecule has 2 aromatic carbocycles. The molecule has 4 rings (SSSR count). The van der Waals surface area contributed by atoms with Crippen LogP contribution in [0.15, 0.2) is 60.7 Å². The fourth-order valence-electron chi connectivity index (χ4n) is 3.56. The van der Waals surface area contributed by atoms with Crippen LogP contribution >= 0.6 is 0 Å². The van der Waals surface area contributed by atoms with Gasteiger partial charge in [-0.25, -0.2) is 0 Å². The molecule has 3 nitrogen and oxygen atoms in total. The first kappa shape index (κ1) is 12.6. The fourth-order valence-corrected chi connectivity index (χ4v) is 3.56. The van der Waals surface area contributed by atoms with E-state index in [1.165, 1.54) is 0 Å². The molecule has 0 radical (unpaired) electrons. The number of amides is 1. The number of carbonyl (C=O) groups is 1. The zero-order chi connectivity index (χ0) is 14.3. The van der Waals surface area contributed by atoms with E-state index in [0.29, 0.717) is 13.0 Å². The smallest absolute Gasteiger partial charge is 0.225 e. The van der Waals surface area contributed by atoms with E-state index in [2.05, 4.69) is 24.3 Å². The van der Waals surface area contributed by atoms with Crippen molar-refractivity contribution < 1.29 is 9.53 Å². The van der Waals surface area contributed by atoms with Crippen molar-refractivity contribution in [2.75, 3.05) is 6.61 Å². The predicted molar refractivity (Wildman–Crippen MR) is 79.3 cm³/mol. The van der Waals surface area contributed by atoms with E-state index in [0.717, 1.165) is 17.5 Å². The molecule has 2 aliphatic rings. The minimum absolute atomic E-state index is 0.0152. The highest BCUT2D eigenvalue weighted by Gasteiger charge is 2.55. The lowest BCUT2D eigenvalue weighted by molar-refractivity contribution is -0.139. The maximum Gasteiger partial charge on any atom is 0.225 e. The van der Waals surface area contributed by atoms with Gasteiger partial charge in [-0.15, -0.1) is 0 Å². The molecule has 2 heterocycles. The number of fused-ring (bicyclic) bond motifs is 1. The van der Waals surface area contributed by atoms with Crippen LogP contribution in [0.25, 0.3) is 0 Å². The largest absolute Gasteiger partial charge is 0.349 e. The van der Waals surface area contributed by atoms with Crippen LogP contribution in [-0.2, 0) is 15.3 Å². The van der Waals surface area contributed by atoms with Gasteiger partial charge in [0.05, 0.1) is 12.6 Å². The molecule has 2 fully saturated rings. The summed E-state index contributed by atoms with van der Waals surface area (Å²) >= 11 is 0. The molecule has 0 aromatic heterocycles. The molecule has 0 aliphatic carbocycles. The van der Waals surface area contributed by atoms with Crippen LogP contribution in [0.4, 0.5) is 0 Å². The summed E-state index contributed by atoms with van der Waals surface area (Å²) in [7, 11) is 0. The average Bonchev–Trinajstić information content (AvgIpc) is 3.09. The van der Waals surface area contributed by atoms with Crippen molar-refractivity contribution in [3.8, 4) is 0 Å². The molecule has 2 atom stereocenters. The molecule has 1 amide bonds. The molecule has 0 spiro atoms. The van der Waals surface area contributed by atoms with Crippen LogP contribution in [0, 0.1) is 0 Å². The highest BCUT2D eigenvalue weighted by molar-refractivity contribution is 5.80. The Kier molecular flexibility index (Phi) is 2.82. The highest BCUT2D eigenvalue weighted by Crippen LogP contribution is 2.50. The van der Waals surface area contributed by atoms with Gasteiger partial charge in [0.15, 0.2) is 5.72 Å². The van der Waals surface area contributed by atoms with Crippen LogP contribution in [0.3, 0.4) is 0 Å². The Bertz CT molecular complexity index is 655. The minimum atomic E-state index is -0.571. The van der Waals surface area contributed by atoms with Gasteiger partial charge in [-0.3, -0.25) is 4.79 Å². The van der Waals surface area contributed by atoms with Crippen molar-refractivity contribution in [3.05, 3.63) is 71.8 Å². The van der Waals surface area contributed by atoms with E-state index in [1.54, 1.807) is 0 Å².